The van der Waals surface area contributed by atoms with E-state index in [1.807, 2.05) is 24.3 Å². The second kappa shape index (κ2) is 9.32. The average Bonchev–Trinajstić information content (AvgIpc) is 3.29. The predicted octanol–water partition coefficient (Wildman–Crippen LogP) is 6.05. The number of ketones is 1. The monoisotopic (exact) mass is 451 g/mol. The van der Waals surface area contributed by atoms with Gasteiger partial charge in [0.05, 0.1) is 11.4 Å². The number of fused-ring (bicyclic) bond motifs is 1. The molecular weight excluding hydrogens is 426 g/mol. The van der Waals surface area contributed by atoms with E-state index in [1.54, 1.807) is 35.7 Å². The van der Waals surface area contributed by atoms with Crippen LogP contribution in [-0.4, -0.2) is 34.8 Å². The topological polar surface area (TPSA) is 53.0 Å². The molecule has 160 valence electrons. The van der Waals surface area contributed by atoms with Crippen LogP contribution in [0, 0.1) is 0 Å². The van der Waals surface area contributed by atoms with Crippen molar-refractivity contribution in [3.05, 3.63) is 64.0 Å². The number of aliphatic imine (C=N–C) groups is 1. The quantitative estimate of drug-likeness (QED) is 0.395. The van der Waals surface area contributed by atoms with Gasteiger partial charge in [0, 0.05) is 23.5 Å². The first-order valence-corrected chi connectivity index (χ1v) is 12.1. The van der Waals surface area contributed by atoms with Gasteiger partial charge in [-0.15, -0.1) is 0 Å². The van der Waals surface area contributed by atoms with Crippen molar-refractivity contribution in [2.75, 3.05) is 18.0 Å². The maximum Gasteiger partial charge on any atom is 0.269 e. The van der Waals surface area contributed by atoms with Crippen LogP contribution in [0.1, 0.15) is 44.0 Å². The Morgan fingerprint density at radius 1 is 1.00 bits per heavy atom. The van der Waals surface area contributed by atoms with Gasteiger partial charge in [0.15, 0.2) is 11.0 Å². The third kappa shape index (κ3) is 4.29. The van der Waals surface area contributed by atoms with Gasteiger partial charge in [-0.05, 0) is 68.4 Å². The minimum Gasteiger partial charge on any atom is -0.334 e. The fourth-order valence-electron chi connectivity index (χ4n) is 3.53. The molecule has 0 aliphatic carbocycles. The van der Waals surface area contributed by atoms with Crippen LogP contribution in [0.15, 0.2) is 68.4 Å². The van der Waals surface area contributed by atoms with Crippen molar-refractivity contribution >= 4 is 51.8 Å². The average molecular weight is 452 g/mol. The van der Waals surface area contributed by atoms with Crippen molar-refractivity contribution < 1.29 is 9.59 Å². The first-order valence-electron chi connectivity index (χ1n) is 10.5. The number of carbonyl (C=O) groups excluding carboxylic acids is 2. The molecule has 1 fully saturated rings. The summed E-state index contributed by atoms with van der Waals surface area (Å²) in [5.41, 5.74) is 2.54. The van der Waals surface area contributed by atoms with Gasteiger partial charge in [-0.1, -0.05) is 37.2 Å². The molecule has 4 rings (SSSR count). The fourth-order valence-corrected chi connectivity index (χ4v) is 5.95. The lowest BCUT2D eigenvalue weighted by Gasteiger charge is -2.19. The highest BCUT2D eigenvalue weighted by atomic mass is 32.2. The second-order valence-corrected chi connectivity index (χ2v) is 9.37. The lowest BCUT2D eigenvalue weighted by atomic mass is 10.1. The Morgan fingerprint density at radius 2 is 1.74 bits per heavy atom. The van der Waals surface area contributed by atoms with Gasteiger partial charge >= 0.3 is 0 Å². The normalized spacial score (nSPS) is 19.5. The molecule has 7 heteroatoms. The van der Waals surface area contributed by atoms with Gasteiger partial charge in [0.1, 0.15) is 9.93 Å². The number of amides is 1. The van der Waals surface area contributed by atoms with Gasteiger partial charge in [0.2, 0.25) is 0 Å². The van der Waals surface area contributed by atoms with Crippen molar-refractivity contribution in [1.82, 2.24) is 4.90 Å². The smallest absolute Gasteiger partial charge is 0.269 e. The largest absolute Gasteiger partial charge is 0.334 e. The minimum absolute atomic E-state index is 0.0197. The molecule has 0 bridgehead atoms. The number of thioether (sulfide) groups is 2. The predicted molar refractivity (Wildman–Crippen MR) is 130 cm³/mol. The highest BCUT2D eigenvalue weighted by Gasteiger charge is 2.39. The SMILES string of the molecule is CCCCN1C(=O)/C(=C2/Sc3ccccc3N2CC)SC1=Nc1ccc(C(C)=O)cc1. The summed E-state index contributed by atoms with van der Waals surface area (Å²) in [4.78, 5) is 35.7. The Bertz CT molecular complexity index is 1080. The zero-order valence-electron chi connectivity index (χ0n) is 17.9. The molecule has 0 radical (unpaired) electrons. The van der Waals surface area contributed by atoms with E-state index in [0.717, 1.165) is 40.7 Å². The van der Waals surface area contributed by atoms with Crippen LogP contribution in [0.3, 0.4) is 0 Å². The first kappa shape index (κ1) is 21.7. The summed E-state index contributed by atoms with van der Waals surface area (Å²) in [5, 5.41) is 1.68. The number of anilines is 1. The van der Waals surface area contributed by atoms with Gasteiger partial charge in [-0.25, -0.2) is 4.99 Å². The molecule has 0 unspecified atom stereocenters. The third-order valence-electron chi connectivity index (χ3n) is 5.22. The van der Waals surface area contributed by atoms with Crippen LogP contribution >= 0.6 is 23.5 Å². The Kier molecular flexibility index (Phi) is 6.53. The van der Waals surface area contributed by atoms with E-state index in [1.165, 1.54) is 16.7 Å². The minimum atomic E-state index is 0.0197. The zero-order valence-corrected chi connectivity index (χ0v) is 19.6. The molecule has 0 spiro atoms. The lowest BCUT2D eigenvalue weighted by Crippen LogP contribution is -2.30. The van der Waals surface area contributed by atoms with Crippen molar-refractivity contribution in [1.29, 1.82) is 0 Å². The standard InChI is InChI=1S/C24H25N3O2S2/c1-4-6-15-27-22(29)21(23-26(5-2)19-9-7-8-10-20(19)30-23)31-24(27)25-18-13-11-17(12-14-18)16(3)28/h7-14H,4-6,15H2,1-3H3/b23-21-,25-24?. The molecule has 2 aromatic rings. The van der Waals surface area contributed by atoms with Crippen LogP contribution in [0.5, 0.6) is 0 Å². The molecule has 0 saturated carbocycles. The highest BCUT2D eigenvalue weighted by molar-refractivity contribution is 8.19. The number of nitrogens with zero attached hydrogens (tertiary/aromatic N) is 3. The Hall–Kier alpha value is -2.51. The van der Waals surface area contributed by atoms with E-state index in [-0.39, 0.29) is 11.7 Å². The van der Waals surface area contributed by atoms with E-state index in [2.05, 4.69) is 30.9 Å². The van der Waals surface area contributed by atoms with Gasteiger partial charge in [-0.3, -0.25) is 14.5 Å². The number of unbranched alkanes of at least 4 members (excludes halogenated alkanes) is 1. The molecular formula is C24H25N3O2S2. The summed E-state index contributed by atoms with van der Waals surface area (Å²) in [6, 6.07) is 15.5. The van der Waals surface area contributed by atoms with Crippen molar-refractivity contribution in [2.45, 2.75) is 38.5 Å². The van der Waals surface area contributed by atoms with Crippen LogP contribution in [-0.2, 0) is 4.79 Å². The molecule has 2 aliphatic heterocycles. The molecule has 2 aliphatic rings. The molecule has 31 heavy (non-hydrogen) atoms. The second-order valence-electron chi connectivity index (χ2n) is 7.36. The number of amidine groups is 1. The third-order valence-corrected chi connectivity index (χ3v) is 7.59. The van der Waals surface area contributed by atoms with E-state index < -0.39 is 0 Å². The first-order chi connectivity index (χ1) is 15.0. The Labute approximate surface area is 191 Å². The summed E-state index contributed by atoms with van der Waals surface area (Å²) >= 11 is 3.10. The van der Waals surface area contributed by atoms with Crippen LogP contribution in [0.4, 0.5) is 11.4 Å². The summed E-state index contributed by atoms with van der Waals surface area (Å²) in [7, 11) is 0. The van der Waals surface area contributed by atoms with E-state index in [9.17, 15) is 9.59 Å². The maximum absolute atomic E-state index is 13.4. The summed E-state index contributed by atoms with van der Waals surface area (Å²) in [5.74, 6) is 0.0463. The van der Waals surface area contributed by atoms with Gasteiger partial charge in [0.25, 0.3) is 5.91 Å². The molecule has 0 aromatic heterocycles. The Morgan fingerprint density at radius 3 is 2.42 bits per heavy atom. The molecule has 2 aromatic carbocycles. The number of Topliss-reactive ketones (excluding diaryl/α,β-unsaturated/α-hetero) is 1. The number of benzene rings is 2. The van der Waals surface area contributed by atoms with Crippen LogP contribution < -0.4 is 4.90 Å². The number of hydrogen-bond donors (Lipinski definition) is 0. The summed E-state index contributed by atoms with van der Waals surface area (Å²) < 4.78 is 0. The number of hydrogen-bond acceptors (Lipinski definition) is 6. The zero-order chi connectivity index (χ0) is 22.0. The van der Waals surface area contributed by atoms with E-state index >= 15 is 0 Å². The number of carbonyl (C=O) groups is 2. The van der Waals surface area contributed by atoms with Crippen molar-refractivity contribution in [2.24, 2.45) is 4.99 Å². The number of rotatable bonds is 6. The highest BCUT2D eigenvalue weighted by Crippen LogP contribution is 2.50. The van der Waals surface area contributed by atoms with Gasteiger partial charge in [-0.2, -0.15) is 0 Å². The summed E-state index contributed by atoms with van der Waals surface area (Å²) in [6.07, 6.45) is 1.92. The molecule has 0 N–H and O–H groups in total. The van der Waals surface area contributed by atoms with E-state index in [0.29, 0.717) is 17.3 Å². The molecule has 5 nitrogen and oxygen atoms in total. The van der Waals surface area contributed by atoms with Crippen molar-refractivity contribution in [3.63, 3.8) is 0 Å². The van der Waals surface area contributed by atoms with Crippen molar-refractivity contribution in [3.8, 4) is 0 Å². The maximum atomic E-state index is 13.4. The number of para-hydroxylation sites is 1. The van der Waals surface area contributed by atoms with Gasteiger partial charge < -0.3 is 4.90 Å². The molecule has 1 amide bonds. The Balaban J connectivity index is 1.71. The van der Waals surface area contributed by atoms with Crippen LogP contribution in [0.25, 0.3) is 0 Å². The van der Waals surface area contributed by atoms with Crippen LogP contribution in [0.2, 0.25) is 0 Å². The molecule has 1 saturated heterocycles. The molecule has 0 atom stereocenters. The van der Waals surface area contributed by atoms with E-state index in [4.69, 9.17) is 4.99 Å². The summed E-state index contributed by atoms with van der Waals surface area (Å²) in [6.45, 7) is 7.21. The lowest BCUT2D eigenvalue weighted by molar-refractivity contribution is -0.122. The fraction of sp³-hybridized carbons (Fsp3) is 0.292. The molecule has 2 heterocycles.